The van der Waals surface area contributed by atoms with Crippen molar-refractivity contribution in [2.24, 2.45) is 7.05 Å². The monoisotopic (exact) mass is 317 g/mol. The van der Waals surface area contributed by atoms with Crippen LogP contribution in [0.15, 0.2) is 61.1 Å². The maximum atomic E-state index is 12.3. The van der Waals surface area contributed by atoms with E-state index in [2.05, 4.69) is 20.6 Å². The second kappa shape index (κ2) is 5.66. The number of aromatic nitrogens is 3. The first-order valence-corrected chi connectivity index (χ1v) is 7.53. The molecule has 24 heavy (non-hydrogen) atoms. The number of amides is 2. The number of rotatable bonds is 2. The number of nitrogens with one attached hydrogen (secondary N) is 2. The van der Waals surface area contributed by atoms with Crippen LogP contribution in [0.3, 0.4) is 0 Å². The van der Waals surface area contributed by atoms with E-state index in [1.165, 1.54) is 0 Å². The lowest BCUT2D eigenvalue weighted by molar-refractivity contribution is 0.262. The lowest BCUT2D eigenvalue weighted by atomic mass is 10.2. The smallest absolute Gasteiger partial charge is 0.323 e. The Bertz CT molecular complexity index is 1050. The minimum absolute atomic E-state index is 0.298. The highest BCUT2D eigenvalue weighted by Gasteiger charge is 2.08. The predicted octanol–water partition coefficient (Wildman–Crippen LogP) is 3.77. The molecule has 0 bridgehead atoms. The van der Waals surface area contributed by atoms with E-state index in [0.29, 0.717) is 5.69 Å². The largest absolute Gasteiger partial charge is 0.334 e. The summed E-state index contributed by atoms with van der Waals surface area (Å²) < 4.78 is 1.91. The SMILES string of the molecule is Cn1cnc2ccc(NC(=O)Nc3ccnc4ccccc34)cc21. The maximum Gasteiger partial charge on any atom is 0.323 e. The van der Waals surface area contributed by atoms with Crippen LogP contribution in [0.5, 0.6) is 0 Å². The van der Waals surface area contributed by atoms with Gasteiger partial charge in [0.1, 0.15) is 0 Å². The van der Waals surface area contributed by atoms with Gasteiger partial charge >= 0.3 is 6.03 Å². The quantitative estimate of drug-likeness (QED) is 0.591. The topological polar surface area (TPSA) is 71.8 Å². The second-order valence-electron chi connectivity index (χ2n) is 5.51. The highest BCUT2D eigenvalue weighted by atomic mass is 16.2. The van der Waals surface area contributed by atoms with Gasteiger partial charge in [-0.05, 0) is 30.3 Å². The minimum Gasteiger partial charge on any atom is -0.334 e. The summed E-state index contributed by atoms with van der Waals surface area (Å²) in [6.45, 7) is 0. The summed E-state index contributed by atoms with van der Waals surface area (Å²) in [5, 5.41) is 6.63. The summed E-state index contributed by atoms with van der Waals surface area (Å²) in [5.41, 5.74) is 4.12. The second-order valence-corrected chi connectivity index (χ2v) is 5.51. The summed E-state index contributed by atoms with van der Waals surface area (Å²) in [6, 6.07) is 14.8. The van der Waals surface area contributed by atoms with Crippen LogP contribution in [-0.4, -0.2) is 20.6 Å². The number of carbonyl (C=O) groups excluding carboxylic acids is 1. The normalized spacial score (nSPS) is 10.9. The Morgan fingerprint density at radius 3 is 2.79 bits per heavy atom. The first-order valence-electron chi connectivity index (χ1n) is 7.53. The van der Waals surface area contributed by atoms with Crippen molar-refractivity contribution in [2.45, 2.75) is 0 Å². The molecule has 0 aliphatic heterocycles. The van der Waals surface area contributed by atoms with Crippen LogP contribution in [0.4, 0.5) is 16.2 Å². The van der Waals surface area contributed by atoms with Crippen LogP contribution < -0.4 is 10.6 Å². The molecule has 6 heteroatoms. The molecule has 2 aromatic heterocycles. The molecule has 0 aliphatic carbocycles. The van der Waals surface area contributed by atoms with Gasteiger partial charge < -0.3 is 15.2 Å². The van der Waals surface area contributed by atoms with Crippen molar-refractivity contribution >= 4 is 39.3 Å². The number of pyridine rings is 1. The number of urea groups is 1. The van der Waals surface area contributed by atoms with Crippen molar-refractivity contribution in [1.29, 1.82) is 0 Å². The first-order chi connectivity index (χ1) is 11.7. The zero-order valence-corrected chi connectivity index (χ0v) is 13.0. The molecule has 0 saturated carbocycles. The number of imidazole rings is 1. The van der Waals surface area contributed by atoms with Crippen LogP contribution in [0.2, 0.25) is 0 Å². The van der Waals surface area contributed by atoms with E-state index in [9.17, 15) is 4.79 Å². The molecule has 2 amide bonds. The van der Waals surface area contributed by atoms with Crippen molar-refractivity contribution in [3.63, 3.8) is 0 Å². The van der Waals surface area contributed by atoms with Gasteiger partial charge in [0.05, 0.1) is 28.6 Å². The fraction of sp³-hybridized carbons (Fsp3) is 0.0556. The number of hydrogen-bond acceptors (Lipinski definition) is 3. The predicted molar refractivity (Wildman–Crippen MR) is 95.1 cm³/mol. The Labute approximate surface area is 138 Å². The molecular formula is C18H15N5O. The van der Waals surface area contributed by atoms with Gasteiger partial charge in [0.25, 0.3) is 0 Å². The maximum absolute atomic E-state index is 12.3. The van der Waals surface area contributed by atoms with Gasteiger partial charge in [-0.2, -0.15) is 0 Å². The molecule has 0 atom stereocenters. The molecule has 2 N–H and O–H groups in total. The molecule has 0 fully saturated rings. The molecule has 6 nitrogen and oxygen atoms in total. The van der Waals surface area contributed by atoms with E-state index in [0.717, 1.165) is 27.6 Å². The van der Waals surface area contributed by atoms with Crippen molar-refractivity contribution in [3.05, 3.63) is 61.1 Å². The van der Waals surface area contributed by atoms with Crippen molar-refractivity contribution in [1.82, 2.24) is 14.5 Å². The molecule has 0 radical (unpaired) electrons. The van der Waals surface area contributed by atoms with E-state index in [1.807, 2.05) is 54.1 Å². The standard InChI is InChI=1S/C18H15N5O/c1-23-11-20-16-7-6-12(10-17(16)23)21-18(24)22-15-8-9-19-14-5-3-2-4-13(14)15/h2-11H,1H3,(H2,19,21,22,24). The highest BCUT2D eigenvalue weighted by Crippen LogP contribution is 2.22. The van der Waals surface area contributed by atoms with Crippen molar-refractivity contribution in [3.8, 4) is 0 Å². The summed E-state index contributed by atoms with van der Waals surface area (Å²) in [7, 11) is 1.92. The zero-order chi connectivity index (χ0) is 16.5. The number of hydrogen-bond donors (Lipinski definition) is 2. The fourth-order valence-electron chi connectivity index (χ4n) is 2.69. The number of para-hydroxylation sites is 1. The first kappa shape index (κ1) is 14.2. The average molecular weight is 317 g/mol. The van der Waals surface area contributed by atoms with Crippen LogP contribution >= 0.6 is 0 Å². The van der Waals surface area contributed by atoms with Gasteiger partial charge in [-0.3, -0.25) is 4.98 Å². The van der Waals surface area contributed by atoms with Crippen LogP contribution in [0, 0.1) is 0 Å². The van der Waals surface area contributed by atoms with Crippen molar-refractivity contribution in [2.75, 3.05) is 10.6 Å². The number of aryl methyl sites for hydroxylation is 1. The van der Waals surface area contributed by atoms with Gasteiger partial charge in [0, 0.05) is 24.3 Å². The molecule has 0 aliphatic rings. The summed E-state index contributed by atoms with van der Waals surface area (Å²) in [6.07, 6.45) is 3.43. The van der Waals surface area contributed by atoms with Gasteiger partial charge in [0.15, 0.2) is 0 Å². The Kier molecular flexibility index (Phi) is 3.35. The van der Waals surface area contributed by atoms with E-state index in [-0.39, 0.29) is 6.03 Å². The third-order valence-corrected chi connectivity index (χ3v) is 3.88. The minimum atomic E-state index is -0.298. The van der Waals surface area contributed by atoms with Gasteiger partial charge in [-0.25, -0.2) is 9.78 Å². The van der Waals surface area contributed by atoms with Crippen LogP contribution in [0.25, 0.3) is 21.9 Å². The Balaban J connectivity index is 1.58. The molecule has 4 rings (SSSR count). The summed E-state index contributed by atoms with van der Waals surface area (Å²) in [4.78, 5) is 20.9. The van der Waals surface area contributed by atoms with Crippen LogP contribution in [0.1, 0.15) is 0 Å². The number of carbonyl (C=O) groups is 1. The molecular weight excluding hydrogens is 302 g/mol. The molecule has 0 unspecified atom stereocenters. The highest BCUT2D eigenvalue weighted by molar-refractivity contribution is 6.05. The Hall–Kier alpha value is -3.41. The molecule has 0 spiro atoms. The Morgan fingerprint density at radius 1 is 1.00 bits per heavy atom. The fourth-order valence-corrected chi connectivity index (χ4v) is 2.69. The lowest BCUT2D eigenvalue weighted by Gasteiger charge is -2.10. The number of anilines is 2. The van der Waals surface area contributed by atoms with Gasteiger partial charge in [0.2, 0.25) is 0 Å². The number of nitrogens with zero attached hydrogens (tertiary/aromatic N) is 3. The zero-order valence-electron chi connectivity index (χ0n) is 13.0. The molecule has 2 aromatic carbocycles. The number of benzene rings is 2. The van der Waals surface area contributed by atoms with Crippen molar-refractivity contribution < 1.29 is 4.79 Å². The van der Waals surface area contributed by atoms with Crippen LogP contribution in [-0.2, 0) is 7.05 Å². The molecule has 0 saturated heterocycles. The third kappa shape index (κ3) is 2.54. The molecule has 2 heterocycles. The van der Waals surface area contributed by atoms with E-state index >= 15 is 0 Å². The number of fused-ring (bicyclic) bond motifs is 2. The van der Waals surface area contributed by atoms with Gasteiger partial charge in [-0.15, -0.1) is 0 Å². The molecule has 4 aromatic rings. The summed E-state index contributed by atoms with van der Waals surface area (Å²) >= 11 is 0. The van der Waals surface area contributed by atoms with E-state index < -0.39 is 0 Å². The lowest BCUT2D eigenvalue weighted by Crippen LogP contribution is -2.19. The van der Waals surface area contributed by atoms with Gasteiger partial charge in [-0.1, -0.05) is 18.2 Å². The van der Waals surface area contributed by atoms with E-state index in [4.69, 9.17) is 0 Å². The molecule has 118 valence electrons. The summed E-state index contributed by atoms with van der Waals surface area (Å²) in [5.74, 6) is 0. The van der Waals surface area contributed by atoms with E-state index in [1.54, 1.807) is 18.6 Å². The average Bonchev–Trinajstić information content (AvgIpc) is 2.96. The third-order valence-electron chi connectivity index (χ3n) is 3.88. The Morgan fingerprint density at radius 2 is 1.88 bits per heavy atom.